The highest BCUT2D eigenvalue weighted by molar-refractivity contribution is 6.09. The fraction of sp³-hybridized carbons (Fsp3) is 0.213. The maximum Gasteiger partial charge on any atom is 0.137 e. The molecule has 52 heavy (non-hydrogen) atoms. The molecule has 0 radical (unpaired) electrons. The van der Waals surface area contributed by atoms with Crippen molar-refractivity contribution >= 4 is 33.2 Å². The fourth-order valence-corrected chi connectivity index (χ4v) is 7.03. The van der Waals surface area contributed by atoms with E-state index in [9.17, 15) is 0 Å². The highest BCUT2D eigenvalue weighted by Gasteiger charge is 2.23. The first-order valence-corrected chi connectivity index (χ1v) is 17.9. The van der Waals surface area contributed by atoms with Crippen LogP contribution in [0.5, 0.6) is 11.5 Å². The first kappa shape index (κ1) is 29.9. The number of fused-ring (bicyclic) bond motifs is 3. The predicted molar refractivity (Wildman–Crippen MR) is 218 cm³/mol. The Labute approximate surface area is 311 Å². The summed E-state index contributed by atoms with van der Waals surface area (Å²) < 4.78 is 32.9. The summed E-state index contributed by atoms with van der Waals surface area (Å²) in [6, 6.07) is 41.1. The van der Waals surface area contributed by atoms with Crippen molar-refractivity contribution in [2.24, 2.45) is 0 Å². The van der Waals surface area contributed by atoms with E-state index in [1.54, 1.807) is 12.1 Å². The number of nitrogens with zero attached hydrogens (tertiary/aromatic N) is 4. The van der Waals surface area contributed by atoms with Crippen molar-refractivity contribution in [1.29, 1.82) is 0 Å². The summed E-state index contributed by atoms with van der Waals surface area (Å²) in [6.07, 6.45) is 6.09. The Morgan fingerprint density at radius 1 is 0.635 bits per heavy atom. The minimum Gasteiger partial charge on any atom is -0.457 e. The van der Waals surface area contributed by atoms with E-state index in [2.05, 4.69) is 135 Å². The van der Waals surface area contributed by atoms with Crippen molar-refractivity contribution in [1.82, 2.24) is 9.55 Å². The number of benzene rings is 5. The Morgan fingerprint density at radius 3 is 2.19 bits per heavy atom. The maximum atomic E-state index is 8.07. The van der Waals surface area contributed by atoms with Gasteiger partial charge in [-0.2, -0.15) is 0 Å². The van der Waals surface area contributed by atoms with Gasteiger partial charge in [-0.3, -0.25) is 4.57 Å². The molecule has 0 atom stereocenters. The Kier molecular flexibility index (Phi) is 7.33. The Morgan fingerprint density at radius 2 is 1.40 bits per heavy atom. The Balaban J connectivity index is 1.12. The van der Waals surface area contributed by atoms with E-state index in [4.69, 9.17) is 13.8 Å². The van der Waals surface area contributed by atoms with Crippen LogP contribution in [0.4, 0.5) is 11.4 Å². The molecule has 0 unspecified atom stereocenters. The topological polar surface area (TPSA) is 33.5 Å². The molecule has 0 bridgehead atoms. The first-order valence-electron chi connectivity index (χ1n) is 19.4. The van der Waals surface area contributed by atoms with Gasteiger partial charge in [-0.15, -0.1) is 0 Å². The van der Waals surface area contributed by atoms with E-state index in [1.807, 2.05) is 48.7 Å². The van der Waals surface area contributed by atoms with E-state index in [1.165, 1.54) is 16.7 Å². The molecule has 2 aromatic heterocycles. The van der Waals surface area contributed by atoms with Crippen LogP contribution in [0.1, 0.15) is 62.3 Å². The molecule has 1 aliphatic rings. The molecule has 0 fully saturated rings. The number of ether oxygens (including phenoxy) is 1. The molecule has 5 heteroatoms. The Bertz CT molecular complexity index is 2580. The second-order valence-corrected chi connectivity index (χ2v) is 15.7. The number of anilines is 2. The van der Waals surface area contributed by atoms with Crippen molar-refractivity contribution in [2.75, 3.05) is 16.5 Å². The fourth-order valence-electron chi connectivity index (χ4n) is 7.03. The van der Waals surface area contributed by atoms with Crippen LogP contribution in [-0.2, 0) is 10.8 Å². The van der Waals surface area contributed by atoms with Crippen molar-refractivity contribution in [2.45, 2.75) is 59.2 Å². The van der Waals surface area contributed by atoms with Crippen LogP contribution < -0.4 is 14.5 Å². The summed E-state index contributed by atoms with van der Waals surface area (Å²) in [7, 11) is 0. The molecular weight excluding hydrogens is 637 g/mol. The highest BCUT2D eigenvalue weighted by atomic mass is 16.5. The van der Waals surface area contributed by atoms with Crippen LogP contribution in [-0.4, -0.2) is 16.2 Å². The molecular formula is C47H46N4O. The average molecular weight is 686 g/mol. The molecule has 0 N–H and O–H groups in total. The summed E-state index contributed by atoms with van der Waals surface area (Å²) in [5.74, 6) is 2.15. The van der Waals surface area contributed by atoms with Crippen molar-refractivity contribution < 1.29 is 8.85 Å². The molecule has 1 aliphatic heterocycles. The number of hydrogen-bond donors (Lipinski definition) is 0. The van der Waals surface area contributed by atoms with Crippen LogP contribution >= 0.6 is 0 Å². The van der Waals surface area contributed by atoms with E-state index >= 15 is 0 Å². The van der Waals surface area contributed by atoms with Crippen LogP contribution in [0.15, 0.2) is 140 Å². The summed E-state index contributed by atoms with van der Waals surface area (Å²) in [6.45, 7) is 11.7. The second-order valence-electron chi connectivity index (χ2n) is 15.7. The summed E-state index contributed by atoms with van der Waals surface area (Å²) in [5.41, 5.74) is 9.06. The zero-order valence-corrected chi connectivity index (χ0v) is 30.7. The minimum atomic E-state index is -2.22. The van der Waals surface area contributed by atoms with Gasteiger partial charge in [0.05, 0.1) is 23.4 Å². The van der Waals surface area contributed by atoms with Gasteiger partial charge in [0.25, 0.3) is 0 Å². The predicted octanol–water partition coefficient (Wildman–Crippen LogP) is 12.3. The van der Waals surface area contributed by atoms with E-state index in [-0.39, 0.29) is 10.8 Å². The lowest BCUT2D eigenvalue weighted by Gasteiger charge is -2.26. The van der Waals surface area contributed by atoms with E-state index < -0.39 is 6.85 Å². The molecule has 5 aromatic carbocycles. The van der Waals surface area contributed by atoms with Gasteiger partial charge in [-0.05, 0) is 95.0 Å². The largest absolute Gasteiger partial charge is 0.457 e. The third-order valence-electron chi connectivity index (χ3n) is 9.95. The Hall–Kier alpha value is -5.81. The molecule has 0 saturated heterocycles. The van der Waals surface area contributed by atoms with Crippen LogP contribution in [0, 0.1) is 6.85 Å². The monoisotopic (exact) mass is 685 g/mol. The molecule has 0 amide bonds. The zero-order chi connectivity index (χ0) is 38.7. The number of hydrogen-bond acceptors (Lipinski definition) is 4. The number of aromatic nitrogens is 2. The number of rotatable bonds is 6. The molecule has 0 saturated carbocycles. The molecule has 7 aromatic rings. The molecule has 8 rings (SSSR count). The molecule has 5 nitrogen and oxygen atoms in total. The molecule has 0 spiro atoms. The summed E-state index contributed by atoms with van der Waals surface area (Å²) in [5, 5.41) is 1.78. The standard InChI is InChI=1S/C47H46N4O/c1-32-16-20-43-41(26-32)39-19-18-38(30-44(39)51(43)45-28-35(22-23-48-45)47(5,6)7)52-37-15-11-14-36(29-37)49-24-25-50(31-49)42-21-17-34(46(2,3)4)27-40(42)33-12-9-8-10-13-33/h8-30H,31H2,1-7H3/i1D3. The second kappa shape index (κ2) is 12.8. The van der Waals surface area contributed by atoms with Gasteiger partial charge >= 0.3 is 0 Å². The van der Waals surface area contributed by atoms with Gasteiger partial charge in [0.2, 0.25) is 0 Å². The van der Waals surface area contributed by atoms with Crippen LogP contribution in [0.3, 0.4) is 0 Å². The van der Waals surface area contributed by atoms with Gasteiger partial charge in [0.15, 0.2) is 0 Å². The quantitative estimate of drug-likeness (QED) is 0.174. The van der Waals surface area contributed by atoms with E-state index in [0.717, 1.165) is 44.6 Å². The minimum absolute atomic E-state index is 0.0356. The number of pyridine rings is 1. The van der Waals surface area contributed by atoms with Gasteiger partial charge < -0.3 is 14.5 Å². The van der Waals surface area contributed by atoms with Crippen molar-refractivity contribution in [3.05, 3.63) is 157 Å². The van der Waals surface area contributed by atoms with Crippen molar-refractivity contribution in [3.63, 3.8) is 0 Å². The maximum absolute atomic E-state index is 8.07. The van der Waals surface area contributed by atoms with Gasteiger partial charge in [0, 0.05) is 56.9 Å². The highest BCUT2D eigenvalue weighted by Crippen LogP contribution is 2.39. The molecule has 3 heterocycles. The lowest BCUT2D eigenvalue weighted by atomic mass is 9.85. The van der Waals surface area contributed by atoms with Gasteiger partial charge in [0.1, 0.15) is 17.3 Å². The lowest BCUT2D eigenvalue weighted by molar-refractivity contribution is 0.483. The van der Waals surface area contributed by atoms with E-state index in [0.29, 0.717) is 23.7 Å². The third-order valence-corrected chi connectivity index (χ3v) is 9.95. The lowest BCUT2D eigenvalue weighted by Crippen LogP contribution is -2.25. The van der Waals surface area contributed by atoms with Crippen LogP contribution in [0.25, 0.3) is 38.8 Å². The van der Waals surface area contributed by atoms with Crippen molar-refractivity contribution in [3.8, 4) is 28.4 Å². The summed E-state index contributed by atoms with van der Waals surface area (Å²) >= 11 is 0. The SMILES string of the molecule is [2H]C([2H])([2H])c1ccc2c(c1)c1ccc(Oc3cccc(N4C=CN(c5ccc(C(C)(C)C)cc5-c5ccccc5)C4)c3)cc1n2-c1cc(C(C)(C)C)ccn1. The van der Waals surface area contributed by atoms with Gasteiger partial charge in [-0.25, -0.2) is 4.98 Å². The zero-order valence-electron chi connectivity index (χ0n) is 33.7. The van der Waals surface area contributed by atoms with Gasteiger partial charge in [-0.1, -0.05) is 95.6 Å². The number of aryl methyl sites for hydroxylation is 1. The average Bonchev–Trinajstić information content (AvgIpc) is 3.77. The normalized spacial score (nSPS) is 14.5. The molecule has 260 valence electrons. The first-order chi connectivity index (χ1) is 26.1. The molecule has 0 aliphatic carbocycles. The summed E-state index contributed by atoms with van der Waals surface area (Å²) in [4.78, 5) is 9.30. The van der Waals surface area contributed by atoms with Crippen LogP contribution in [0.2, 0.25) is 0 Å². The smallest absolute Gasteiger partial charge is 0.137 e. The third kappa shape index (κ3) is 6.32.